The summed E-state index contributed by atoms with van der Waals surface area (Å²) in [5, 5.41) is 9.74. The summed E-state index contributed by atoms with van der Waals surface area (Å²) in [6, 6.07) is 20.0. The van der Waals surface area contributed by atoms with Gasteiger partial charge >= 0.3 is 6.03 Å². The fourth-order valence-corrected chi connectivity index (χ4v) is 6.28. The van der Waals surface area contributed by atoms with Crippen LogP contribution in [0.4, 0.5) is 31.5 Å². The van der Waals surface area contributed by atoms with Gasteiger partial charge in [0.1, 0.15) is 16.5 Å². The Labute approximate surface area is 247 Å². The van der Waals surface area contributed by atoms with Gasteiger partial charge < -0.3 is 25.8 Å². The van der Waals surface area contributed by atoms with Crippen molar-refractivity contribution in [2.45, 2.75) is 31.2 Å². The molecule has 4 aromatic rings. The molecular formula is C31H32FN7O2S. The first-order valence-electron chi connectivity index (χ1n) is 14.1. The number of nitrogens with zero attached hydrogens (tertiary/aromatic N) is 4. The van der Waals surface area contributed by atoms with E-state index in [0.717, 1.165) is 37.5 Å². The van der Waals surface area contributed by atoms with Gasteiger partial charge in [-0.3, -0.25) is 4.79 Å². The molecule has 42 heavy (non-hydrogen) atoms. The molecule has 2 aromatic heterocycles. The van der Waals surface area contributed by atoms with Crippen molar-refractivity contribution in [1.29, 1.82) is 0 Å². The number of benzene rings is 2. The number of likely N-dealkylation sites (tertiary alicyclic amines) is 1. The van der Waals surface area contributed by atoms with Gasteiger partial charge in [0.15, 0.2) is 5.13 Å². The van der Waals surface area contributed by atoms with E-state index in [4.69, 9.17) is 0 Å². The van der Waals surface area contributed by atoms with Gasteiger partial charge in [-0.2, -0.15) is 0 Å². The average Bonchev–Trinajstić information content (AvgIpc) is 3.71. The first-order chi connectivity index (χ1) is 20.5. The summed E-state index contributed by atoms with van der Waals surface area (Å²) < 4.78 is 13.9. The fraction of sp³-hybridized carbons (Fsp3) is 0.290. The molecule has 11 heteroatoms. The molecule has 216 valence electrons. The lowest BCUT2D eigenvalue weighted by Crippen LogP contribution is -2.35. The van der Waals surface area contributed by atoms with E-state index < -0.39 is 5.82 Å². The van der Waals surface area contributed by atoms with E-state index in [-0.39, 0.29) is 23.7 Å². The minimum absolute atomic E-state index is 0.0117. The Morgan fingerprint density at radius 2 is 1.64 bits per heavy atom. The summed E-state index contributed by atoms with van der Waals surface area (Å²) in [6.45, 7) is 2.86. The molecule has 0 bridgehead atoms. The number of para-hydroxylation sites is 1. The quantitative estimate of drug-likeness (QED) is 0.245. The van der Waals surface area contributed by atoms with Gasteiger partial charge in [-0.05, 0) is 55.0 Å². The number of urea groups is 1. The molecule has 0 radical (unpaired) electrons. The molecule has 3 N–H and O–H groups in total. The molecule has 4 heterocycles. The summed E-state index contributed by atoms with van der Waals surface area (Å²) in [4.78, 5) is 38.9. The second-order valence-electron chi connectivity index (χ2n) is 10.6. The van der Waals surface area contributed by atoms with Gasteiger partial charge in [-0.1, -0.05) is 53.8 Å². The highest BCUT2D eigenvalue weighted by Gasteiger charge is 2.27. The Morgan fingerprint density at radius 3 is 2.40 bits per heavy atom. The number of amides is 3. The normalized spacial score (nSPS) is 17.2. The van der Waals surface area contributed by atoms with Gasteiger partial charge in [0.2, 0.25) is 0 Å². The fourth-order valence-electron chi connectivity index (χ4n) is 5.42. The molecule has 2 aromatic carbocycles. The molecule has 9 nitrogen and oxygen atoms in total. The Kier molecular flexibility index (Phi) is 8.27. The maximum absolute atomic E-state index is 13.9. The van der Waals surface area contributed by atoms with Gasteiger partial charge in [0, 0.05) is 32.2 Å². The third-order valence-corrected chi connectivity index (χ3v) is 8.77. The number of hydrogen-bond acceptors (Lipinski definition) is 7. The molecular weight excluding hydrogens is 553 g/mol. The number of carbonyl (C=O) groups excluding carboxylic acids is 2. The number of nitrogens with one attached hydrogen (secondary N) is 3. The highest BCUT2D eigenvalue weighted by atomic mass is 32.1. The number of carbonyl (C=O) groups is 2. The topological polar surface area (TPSA) is 102 Å². The van der Waals surface area contributed by atoms with Crippen molar-refractivity contribution < 1.29 is 14.0 Å². The maximum atomic E-state index is 13.9. The van der Waals surface area contributed by atoms with Crippen LogP contribution in [0.3, 0.4) is 0 Å². The number of aromatic nitrogens is 2. The van der Waals surface area contributed by atoms with Crippen molar-refractivity contribution in [2.75, 3.05) is 47.0 Å². The van der Waals surface area contributed by atoms with Crippen LogP contribution < -0.4 is 20.9 Å². The van der Waals surface area contributed by atoms with E-state index in [0.29, 0.717) is 35.4 Å². The first-order valence-corrected chi connectivity index (χ1v) is 14.9. The number of piperidine rings is 1. The minimum atomic E-state index is -0.467. The molecule has 2 aliphatic rings. The lowest BCUT2D eigenvalue weighted by Gasteiger charge is -2.31. The molecule has 6 rings (SSSR count). The van der Waals surface area contributed by atoms with Crippen LogP contribution in [0.15, 0.2) is 79.1 Å². The molecule has 0 saturated carbocycles. The Balaban J connectivity index is 0.968. The molecule has 1 unspecified atom stereocenters. The van der Waals surface area contributed by atoms with Crippen LogP contribution >= 0.6 is 11.3 Å². The summed E-state index contributed by atoms with van der Waals surface area (Å²) >= 11 is 1.40. The van der Waals surface area contributed by atoms with Gasteiger partial charge in [-0.25, -0.2) is 19.2 Å². The third-order valence-electron chi connectivity index (χ3n) is 7.72. The first kappa shape index (κ1) is 27.6. The van der Waals surface area contributed by atoms with Crippen molar-refractivity contribution >= 4 is 45.6 Å². The number of anilines is 4. The van der Waals surface area contributed by atoms with Crippen LogP contribution in [0.2, 0.25) is 0 Å². The number of rotatable bonds is 7. The lowest BCUT2D eigenvalue weighted by atomic mass is 9.90. The third kappa shape index (κ3) is 6.52. The largest absolute Gasteiger partial charge is 0.365 e. The van der Waals surface area contributed by atoms with Crippen LogP contribution in [0.1, 0.15) is 40.4 Å². The summed E-state index contributed by atoms with van der Waals surface area (Å²) in [5.41, 5.74) is 2.14. The van der Waals surface area contributed by atoms with Crippen molar-refractivity contribution in [3.8, 4) is 0 Å². The van der Waals surface area contributed by atoms with E-state index in [1.165, 1.54) is 29.0 Å². The van der Waals surface area contributed by atoms with Gasteiger partial charge in [0.25, 0.3) is 5.91 Å². The van der Waals surface area contributed by atoms with Crippen molar-refractivity contribution in [3.63, 3.8) is 0 Å². The summed E-state index contributed by atoms with van der Waals surface area (Å²) in [6.07, 6.45) is 6.11. The van der Waals surface area contributed by atoms with E-state index in [1.54, 1.807) is 41.6 Å². The van der Waals surface area contributed by atoms with E-state index in [1.807, 2.05) is 6.07 Å². The number of pyridine rings is 1. The second-order valence-corrected chi connectivity index (χ2v) is 11.6. The zero-order valence-corrected chi connectivity index (χ0v) is 23.8. The molecule has 2 saturated heterocycles. The number of hydrogen-bond donors (Lipinski definition) is 3. The van der Waals surface area contributed by atoms with Gasteiger partial charge in [-0.15, -0.1) is 0 Å². The van der Waals surface area contributed by atoms with Crippen LogP contribution in [-0.2, 0) is 0 Å². The summed E-state index contributed by atoms with van der Waals surface area (Å²) in [5.74, 6) is 0.528. The predicted octanol–water partition coefficient (Wildman–Crippen LogP) is 6.03. The van der Waals surface area contributed by atoms with Gasteiger partial charge in [0.05, 0.1) is 23.8 Å². The van der Waals surface area contributed by atoms with Crippen LogP contribution in [0.5, 0.6) is 0 Å². The van der Waals surface area contributed by atoms with Crippen molar-refractivity contribution in [1.82, 2.24) is 14.9 Å². The molecule has 3 amide bonds. The smallest absolute Gasteiger partial charge is 0.321 e. The predicted molar refractivity (Wildman–Crippen MR) is 164 cm³/mol. The standard InChI is InChI=1S/C31H32FN7O2S/c32-25-8-4-5-9-26(25)37-30(41)39-17-14-24(20-39)35-28-11-10-23(18-33-28)36-29(40)27-19-34-31(42-27)38-15-12-22(13-16-38)21-6-2-1-3-7-21/h1-11,18-19,22,24H,12-17,20H2,(H,33,35)(H,36,40)(H,37,41). The Hall–Kier alpha value is -4.51. The molecule has 1 atom stereocenters. The molecule has 0 aliphatic carbocycles. The number of thiazole rings is 1. The molecule has 2 fully saturated rings. The average molecular weight is 586 g/mol. The van der Waals surface area contributed by atoms with E-state index in [2.05, 4.69) is 55.1 Å². The molecule has 0 spiro atoms. The zero-order chi connectivity index (χ0) is 28.9. The zero-order valence-electron chi connectivity index (χ0n) is 23.0. The van der Waals surface area contributed by atoms with Crippen LogP contribution in [0, 0.1) is 5.82 Å². The Morgan fingerprint density at radius 1 is 0.857 bits per heavy atom. The maximum Gasteiger partial charge on any atom is 0.321 e. The highest BCUT2D eigenvalue weighted by Crippen LogP contribution is 2.32. The molecule has 2 aliphatic heterocycles. The highest BCUT2D eigenvalue weighted by molar-refractivity contribution is 7.17. The monoisotopic (exact) mass is 585 g/mol. The second kappa shape index (κ2) is 12.6. The lowest BCUT2D eigenvalue weighted by molar-refractivity contribution is 0.103. The SMILES string of the molecule is O=C(Nc1ccc(NC2CCN(C(=O)Nc3ccccc3F)C2)nc1)c1cnc(N2CCC(c3ccccc3)CC2)s1. The van der Waals surface area contributed by atoms with Crippen molar-refractivity contribution in [2.24, 2.45) is 0 Å². The Bertz CT molecular complexity index is 1520. The van der Waals surface area contributed by atoms with Crippen molar-refractivity contribution in [3.05, 3.63) is 95.4 Å². The van der Waals surface area contributed by atoms with Crippen LogP contribution in [0.25, 0.3) is 0 Å². The van der Waals surface area contributed by atoms with E-state index >= 15 is 0 Å². The number of halogens is 1. The summed E-state index contributed by atoms with van der Waals surface area (Å²) in [7, 11) is 0. The van der Waals surface area contributed by atoms with Crippen LogP contribution in [-0.4, -0.2) is 59.0 Å². The van der Waals surface area contributed by atoms with E-state index in [9.17, 15) is 14.0 Å². The minimum Gasteiger partial charge on any atom is -0.365 e.